The molecule has 1 atom stereocenters. The molecule has 2 rings (SSSR count). The van der Waals surface area contributed by atoms with E-state index in [0.717, 1.165) is 0 Å². The summed E-state index contributed by atoms with van der Waals surface area (Å²) in [5, 5.41) is 21.6. The molecule has 0 radical (unpaired) electrons. The molecular weight excluding hydrogens is 281 g/mol. The molecule has 0 spiro atoms. The molecule has 0 bridgehead atoms. The van der Waals surface area contributed by atoms with E-state index in [1.807, 2.05) is 6.07 Å². The van der Waals surface area contributed by atoms with Crippen molar-refractivity contribution in [1.29, 1.82) is 5.26 Å². The van der Waals surface area contributed by atoms with Crippen LogP contribution in [0.25, 0.3) is 0 Å². The van der Waals surface area contributed by atoms with Gasteiger partial charge in [0.05, 0.1) is 22.8 Å². The normalized spacial score (nSPS) is 11.7. The lowest BCUT2D eigenvalue weighted by molar-refractivity contribution is 0.191. The van der Waals surface area contributed by atoms with Crippen molar-refractivity contribution < 1.29 is 9.50 Å². The molecule has 1 aromatic carbocycles. The van der Waals surface area contributed by atoms with Gasteiger partial charge >= 0.3 is 0 Å². The number of nitrogens with one attached hydrogen (secondary N) is 1. The average Bonchev–Trinajstić information content (AvgIpc) is 2.47. The molecule has 0 saturated carbocycles. The van der Waals surface area contributed by atoms with Crippen LogP contribution < -0.4 is 5.32 Å². The van der Waals surface area contributed by atoms with Gasteiger partial charge in [-0.1, -0.05) is 17.7 Å². The second-order valence-corrected chi connectivity index (χ2v) is 4.52. The predicted octanol–water partition coefficient (Wildman–Crippen LogP) is 2.89. The molecule has 0 unspecified atom stereocenters. The number of halogens is 2. The minimum atomic E-state index is -0.908. The fourth-order valence-corrected chi connectivity index (χ4v) is 1.75. The molecule has 0 fully saturated rings. The Morgan fingerprint density at radius 1 is 1.40 bits per heavy atom. The summed E-state index contributed by atoms with van der Waals surface area (Å²) >= 11 is 5.58. The Kier molecular flexibility index (Phi) is 4.51. The number of nitriles is 1. The van der Waals surface area contributed by atoms with Gasteiger partial charge in [-0.05, 0) is 29.8 Å². The first-order chi connectivity index (χ1) is 9.60. The van der Waals surface area contributed by atoms with Gasteiger partial charge in [0.1, 0.15) is 11.6 Å². The highest BCUT2D eigenvalue weighted by molar-refractivity contribution is 6.30. The van der Waals surface area contributed by atoms with Gasteiger partial charge < -0.3 is 10.4 Å². The highest BCUT2D eigenvalue weighted by atomic mass is 35.5. The quantitative estimate of drug-likeness (QED) is 0.909. The molecular formula is C14H11ClFN3O. The van der Waals surface area contributed by atoms with Crippen molar-refractivity contribution in [2.24, 2.45) is 0 Å². The maximum absolute atomic E-state index is 13.3. The Bertz CT molecular complexity index is 657. The van der Waals surface area contributed by atoms with Gasteiger partial charge in [0.15, 0.2) is 0 Å². The molecule has 6 heteroatoms. The van der Waals surface area contributed by atoms with Crippen LogP contribution in [0.2, 0.25) is 5.02 Å². The zero-order valence-electron chi connectivity index (χ0n) is 10.3. The molecule has 2 aromatic rings. The first-order valence-corrected chi connectivity index (χ1v) is 6.21. The average molecular weight is 292 g/mol. The second-order valence-electron chi connectivity index (χ2n) is 4.11. The van der Waals surface area contributed by atoms with Gasteiger partial charge in [0.2, 0.25) is 0 Å². The molecule has 102 valence electrons. The summed E-state index contributed by atoms with van der Waals surface area (Å²) in [6.07, 6.45) is 0.587. The standard InChI is InChI=1S/C14H11ClFN3O/c15-11-2-1-10(6-12(11)16)13(20)8-19-14-5-9(7-17)3-4-18-14/h1-6,13,20H,8H2,(H,18,19)/t13-/m1/s1. The van der Waals surface area contributed by atoms with E-state index in [0.29, 0.717) is 16.9 Å². The maximum Gasteiger partial charge on any atom is 0.142 e. The fourth-order valence-electron chi connectivity index (χ4n) is 1.64. The monoisotopic (exact) mass is 291 g/mol. The van der Waals surface area contributed by atoms with Gasteiger partial charge in [-0.2, -0.15) is 5.26 Å². The summed E-state index contributed by atoms with van der Waals surface area (Å²) in [4.78, 5) is 4.02. The van der Waals surface area contributed by atoms with Crippen molar-refractivity contribution >= 4 is 17.4 Å². The fraction of sp³-hybridized carbons (Fsp3) is 0.143. The third-order valence-corrected chi connectivity index (χ3v) is 3.00. The Labute approximate surface area is 120 Å². The van der Waals surface area contributed by atoms with Crippen molar-refractivity contribution in [3.63, 3.8) is 0 Å². The molecule has 0 saturated heterocycles. The number of aliphatic hydroxyl groups is 1. The maximum atomic E-state index is 13.3. The lowest BCUT2D eigenvalue weighted by Crippen LogP contribution is -2.13. The molecule has 2 N–H and O–H groups in total. The highest BCUT2D eigenvalue weighted by Gasteiger charge is 2.10. The van der Waals surface area contributed by atoms with Crippen molar-refractivity contribution in [2.45, 2.75) is 6.10 Å². The lowest BCUT2D eigenvalue weighted by Gasteiger charge is -2.13. The molecule has 4 nitrogen and oxygen atoms in total. The molecule has 0 amide bonds. The van der Waals surface area contributed by atoms with Gasteiger partial charge in [0.25, 0.3) is 0 Å². The predicted molar refractivity (Wildman–Crippen MR) is 73.8 cm³/mol. The van der Waals surface area contributed by atoms with Crippen LogP contribution in [0.1, 0.15) is 17.2 Å². The lowest BCUT2D eigenvalue weighted by atomic mass is 10.1. The van der Waals surface area contributed by atoms with E-state index in [4.69, 9.17) is 16.9 Å². The Balaban J connectivity index is 2.02. The van der Waals surface area contributed by atoms with E-state index >= 15 is 0 Å². The van der Waals surface area contributed by atoms with E-state index in [1.54, 1.807) is 18.2 Å². The number of aromatic nitrogens is 1. The molecule has 0 aliphatic carbocycles. The zero-order chi connectivity index (χ0) is 14.5. The van der Waals surface area contributed by atoms with Gasteiger partial charge in [-0.25, -0.2) is 9.37 Å². The number of nitrogens with zero attached hydrogens (tertiary/aromatic N) is 2. The summed E-state index contributed by atoms with van der Waals surface area (Å²) in [5.41, 5.74) is 0.880. The van der Waals surface area contributed by atoms with E-state index in [1.165, 1.54) is 18.3 Å². The number of hydrogen-bond acceptors (Lipinski definition) is 4. The summed E-state index contributed by atoms with van der Waals surface area (Å²) in [6, 6.07) is 9.27. The topological polar surface area (TPSA) is 68.9 Å². The SMILES string of the molecule is N#Cc1ccnc(NC[C@@H](O)c2ccc(Cl)c(F)c2)c1. The van der Waals surface area contributed by atoms with Crippen LogP contribution in [0.15, 0.2) is 36.5 Å². The van der Waals surface area contributed by atoms with Crippen LogP contribution in [0, 0.1) is 17.1 Å². The highest BCUT2D eigenvalue weighted by Crippen LogP contribution is 2.20. The summed E-state index contributed by atoms with van der Waals surface area (Å²) in [7, 11) is 0. The number of aliphatic hydroxyl groups excluding tert-OH is 1. The third-order valence-electron chi connectivity index (χ3n) is 2.69. The number of benzene rings is 1. The van der Waals surface area contributed by atoms with E-state index in [-0.39, 0.29) is 11.6 Å². The second kappa shape index (κ2) is 6.33. The van der Waals surface area contributed by atoms with E-state index < -0.39 is 11.9 Å². The van der Waals surface area contributed by atoms with Crippen molar-refractivity contribution in [3.05, 3.63) is 58.5 Å². The molecule has 1 aromatic heterocycles. The van der Waals surface area contributed by atoms with Crippen LogP contribution in [-0.2, 0) is 0 Å². The van der Waals surface area contributed by atoms with Gasteiger partial charge in [-0.3, -0.25) is 0 Å². The minimum absolute atomic E-state index is 0.0114. The van der Waals surface area contributed by atoms with Crippen molar-refractivity contribution in [3.8, 4) is 6.07 Å². The number of rotatable bonds is 4. The van der Waals surface area contributed by atoms with E-state index in [9.17, 15) is 9.50 Å². The van der Waals surface area contributed by atoms with Gasteiger partial charge in [0, 0.05) is 12.7 Å². The molecule has 20 heavy (non-hydrogen) atoms. The van der Waals surface area contributed by atoms with E-state index in [2.05, 4.69) is 10.3 Å². The first kappa shape index (κ1) is 14.3. The third kappa shape index (κ3) is 3.44. The molecule has 0 aliphatic heterocycles. The van der Waals surface area contributed by atoms with Crippen LogP contribution in [-0.4, -0.2) is 16.6 Å². The number of anilines is 1. The zero-order valence-corrected chi connectivity index (χ0v) is 11.1. The Morgan fingerprint density at radius 3 is 2.90 bits per heavy atom. The van der Waals surface area contributed by atoms with Crippen molar-refractivity contribution in [1.82, 2.24) is 4.98 Å². The summed E-state index contributed by atoms with van der Waals surface area (Å²) in [6.45, 7) is 0.142. The number of pyridine rings is 1. The molecule has 1 heterocycles. The number of hydrogen-bond donors (Lipinski definition) is 2. The minimum Gasteiger partial charge on any atom is -0.387 e. The van der Waals surface area contributed by atoms with Crippen LogP contribution in [0.4, 0.5) is 10.2 Å². The summed E-state index contributed by atoms with van der Waals surface area (Å²) in [5.74, 6) is -0.106. The van der Waals surface area contributed by atoms with Crippen LogP contribution >= 0.6 is 11.6 Å². The largest absolute Gasteiger partial charge is 0.387 e. The summed E-state index contributed by atoms with van der Waals surface area (Å²) < 4.78 is 13.3. The smallest absolute Gasteiger partial charge is 0.142 e. The molecule has 0 aliphatic rings. The first-order valence-electron chi connectivity index (χ1n) is 5.83. The van der Waals surface area contributed by atoms with Gasteiger partial charge in [-0.15, -0.1) is 0 Å². The van der Waals surface area contributed by atoms with Crippen LogP contribution in [0.3, 0.4) is 0 Å². The Morgan fingerprint density at radius 2 is 2.20 bits per heavy atom. The Hall–Kier alpha value is -2.16. The van der Waals surface area contributed by atoms with Crippen LogP contribution in [0.5, 0.6) is 0 Å². The van der Waals surface area contributed by atoms with Crippen molar-refractivity contribution in [2.75, 3.05) is 11.9 Å².